The van der Waals surface area contributed by atoms with Crippen LogP contribution in [0.2, 0.25) is 5.02 Å². The fourth-order valence-corrected chi connectivity index (χ4v) is 4.67. The molecule has 9 nitrogen and oxygen atoms in total. The molecule has 0 amide bonds. The first-order valence-electron chi connectivity index (χ1n) is 10.9. The van der Waals surface area contributed by atoms with Crippen molar-refractivity contribution in [1.82, 2.24) is 24.5 Å². The molecule has 0 radical (unpaired) electrons. The van der Waals surface area contributed by atoms with Crippen molar-refractivity contribution in [3.8, 4) is 0 Å². The van der Waals surface area contributed by atoms with Crippen molar-refractivity contribution in [3.05, 3.63) is 65.3 Å². The molecule has 0 saturated carbocycles. The third-order valence-corrected chi connectivity index (χ3v) is 7.40. The lowest BCUT2D eigenvalue weighted by molar-refractivity contribution is 0.148. The number of halogens is 1. The normalized spacial score (nSPS) is 15.3. The molecule has 1 aliphatic heterocycles. The van der Waals surface area contributed by atoms with Crippen LogP contribution in [0.1, 0.15) is 5.56 Å². The van der Waals surface area contributed by atoms with Crippen molar-refractivity contribution in [2.24, 2.45) is 0 Å². The van der Waals surface area contributed by atoms with Crippen molar-refractivity contribution < 1.29 is 8.42 Å². The Bertz CT molecular complexity index is 1230. The predicted molar refractivity (Wildman–Crippen MR) is 136 cm³/mol. The number of hydrogen-bond donors (Lipinski definition) is 3. The maximum atomic E-state index is 12.3. The fraction of sp³-hybridized carbons (Fsp3) is 0.304. The third kappa shape index (κ3) is 6.02. The Balaban J connectivity index is 1.46. The van der Waals surface area contributed by atoms with Gasteiger partial charge in [0.1, 0.15) is 9.92 Å². The minimum atomic E-state index is -3.66. The summed E-state index contributed by atoms with van der Waals surface area (Å²) >= 11 is 6.28. The van der Waals surface area contributed by atoms with Gasteiger partial charge in [-0.25, -0.2) is 18.1 Å². The van der Waals surface area contributed by atoms with Gasteiger partial charge >= 0.3 is 0 Å². The Morgan fingerprint density at radius 3 is 2.41 bits per heavy atom. The van der Waals surface area contributed by atoms with Crippen molar-refractivity contribution >= 4 is 44.8 Å². The summed E-state index contributed by atoms with van der Waals surface area (Å²) in [6.07, 6.45) is 1.47. The molecule has 3 aromatic rings. The van der Waals surface area contributed by atoms with E-state index in [0.29, 0.717) is 17.5 Å². The molecule has 0 atom stereocenters. The highest BCUT2D eigenvalue weighted by molar-refractivity contribution is 7.89. The highest BCUT2D eigenvalue weighted by Crippen LogP contribution is 2.28. The van der Waals surface area contributed by atoms with Crippen molar-refractivity contribution in [2.45, 2.75) is 11.4 Å². The molecular formula is C23H28ClN7O2S. The smallest absolute Gasteiger partial charge is 0.242 e. The molecule has 1 fully saturated rings. The minimum Gasteiger partial charge on any atom is -0.338 e. The topological polar surface area (TPSA) is 102 Å². The van der Waals surface area contributed by atoms with Crippen LogP contribution in [0, 0.1) is 0 Å². The Morgan fingerprint density at radius 1 is 1.00 bits per heavy atom. The number of sulfonamides is 1. The monoisotopic (exact) mass is 501 g/mol. The van der Waals surface area contributed by atoms with Crippen LogP contribution in [0.15, 0.2) is 59.6 Å². The molecule has 0 unspecified atom stereocenters. The van der Waals surface area contributed by atoms with E-state index in [0.717, 1.165) is 38.4 Å². The third-order valence-electron chi connectivity index (χ3n) is 5.65. The zero-order valence-electron chi connectivity index (χ0n) is 19.1. The predicted octanol–water partition coefficient (Wildman–Crippen LogP) is 3.27. The first kappa shape index (κ1) is 24.4. The number of para-hydroxylation sites is 1. The maximum Gasteiger partial charge on any atom is 0.242 e. The molecule has 0 aliphatic carbocycles. The molecular weight excluding hydrogens is 474 g/mol. The standard InChI is InChI=1S/C23H28ClN7O2S/c1-25-34(32,33)21-6-4-3-5-20(21)28-22-19(24)15-26-23(29-22)27-18-9-7-17(8-10-18)16-31-13-11-30(2)12-14-31/h3-10,15,25H,11-14,16H2,1-2H3,(H2,26,27,28,29). The molecule has 1 aromatic heterocycles. The van der Waals surface area contributed by atoms with Gasteiger partial charge in [-0.1, -0.05) is 35.9 Å². The van der Waals surface area contributed by atoms with Crippen LogP contribution in [0.25, 0.3) is 0 Å². The lowest BCUT2D eigenvalue weighted by Crippen LogP contribution is -2.43. The number of aromatic nitrogens is 2. The second kappa shape index (κ2) is 10.7. The largest absolute Gasteiger partial charge is 0.338 e. The van der Waals surface area contributed by atoms with Gasteiger partial charge in [-0.2, -0.15) is 4.98 Å². The van der Waals surface area contributed by atoms with Crippen LogP contribution in [0.5, 0.6) is 0 Å². The zero-order valence-corrected chi connectivity index (χ0v) is 20.7. The van der Waals surface area contributed by atoms with E-state index < -0.39 is 10.0 Å². The highest BCUT2D eigenvalue weighted by Gasteiger charge is 2.18. The molecule has 34 heavy (non-hydrogen) atoms. The van der Waals surface area contributed by atoms with Crippen LogP contribution in [-0.2, 0) is 16.6 Å². The summed E-state index contributed by atoms with van der Waals surface area (Å²) in [4.78, 5) is 13.6. The van der Waals surface area contributed by atoms with Gasteiger partial charge in [-0.05, 0) is 43.9 Å². The summed E-state index contributed by atoms with van der Waals surface area (Å²) in [5.74, 6) is 0.636. The molecule has 4 rings (SSSR count). The SMILES string of the molecule is CNS(=O)(=O)c1ccccc1Nc1nc(Nc2ccc(CN3CCN(C)CC3)cc2)ncc1Cl. The summed E-state index contributed by atoms with van der Waals surface area (Å²) in [6, 6.07) is 14.7. The van der Waals surface area contributed by atoms with Crippen LogP contribution < -0.4 is 15.4 Å². The Hall–Kier alpha value is -2.76. The first-order chi connectivity index (χ1) is 16.3. The van der Waals surface area contributed by atoms with Gasteiger partial charge in [0.2, 0.25) is 16.0 Å². The summed E-state index contributed by atoms with van der Waals surface area (Å²) in [7, 11) is -0.142. The van der Waals surface area contributed by atoms with Crippen LogP contribution in [0.4, 0.5) is 23.1 Å². The number of anilines is 4. The van der Waals surface area contributed by atoms with E-state index in [9.17, 15) is 8.42 Å². The fourth-order valence-electron chi connectivity index (χ4n) is 3.64. The Labute approximate surface area is 205 Å². The minimum absolute atomic E-state index is 0.0950. The van der Waals surface area contributed by atoms with E-state index in [-0.39, 0.29) is 9.92 Å². The number of hydrogen-bond acceptors (Lipinski definition) is 8. The number of piperazine rings is 1. The quantitative estimate of drug-likeness (QED) is 0.432. The van der Waals surface area contributed by atoms with Gasteiger partial charge in [0, 0.05) is 38.4 Å². The number of nitrogens with zero attached hydrogens (tertiary/aromatic N) is 4. The lowest BCUT2D eigenvalue weighted by atomic mass is 10.2. The molecule has 180 valence electrons. The molecule has 0 spiro atoms. The summed E-state index contributed by atoms with van der Waals surface area (Å²) in [6.45, 7) is 5.26. The number of benzene rings is 2. The average Bonchev–Trinajstić information content (AvgIpc) is 2.84. The number of likely N-dealkylation sites (N-methyl/N-ethyl adjacent to an activating group) is 1. The number of rotatable bonds is 8. The lowest BCUT2D eigenvalue weighted by Gasteiger charge is -2.32. The molecule has 1 aliphatic rings. The second-order valence-electron chi connectivity index (χ2n) is 8.12. The molecule has 0 bridgehead atoms. The second-order valence-corrected chi connectivity index (χ2v) is 10.4. The van der Waals surface area contributed by atoms with E-state index in [1.807, 2.05) is 12.1 Å². The van der Waals surface area contributed by atoms with Crippen molar-refractivity contribution in [3.63, 3.8) is 0 Å². The van der Waals surface area contributed by atoms with Gasteiger partial charge in [0.25, 0.3) is 0 Å². The molecule has 2 aromatic carbocycles. The Morgan fingerprint density at radius 2 is 1.71 bits per heavy atom. The number of nitrogens with one attached hydrogen (secondary N) is 3. The highest BCUT2D eigenvalue weighted by atomic mass is 35.5. The van der Waals surface area contributed by atoms with E-state index >= 15 is 0 Å². The van der Waals surface area contributed by atoms with Crippen molar-refractivity contribution in [1.29, 1.82) is 0 Å². The molecule has 11 heteroatoms. The van der Waals surface area contributed by atoms with Crippen LogP contribution in [0.3, 0.4) is 0 Å². The van der Waals surface area contributed by atoms with Gasteiger partial charge in [-0.3, -0.25) is 4.90 Å². The van der Waals surface area contributed by atoms with E-state index in [2.05, 4.69) is 54.3 Å². The van der Waals surface area contributed by atoms with E-state index in [4.69, 9.17) is 11.6 Å². The van der Waals surface area contributed by atoms with Gasteiger partial charge in [-0.15, -0.1) is 0 Å². The summed E-state index contributed by atoms with van der Waals surface area (Å²) < 4.78 is 27.0. The van der Waals surface area contributed by atoms with E-state index in [1.165, 1.54) is 24.9 Å². The molecule has 1 saturated heterocycles. The van der Waals surface area contributed by atoms with Gasteiger partial charge in [0.05, 0.1) is 11.9 Å². The molecule has 3 N–H and O–H groups in total. The van der Waals surface area contributed by atoms with Crippen LogP contribution >= 0.6 is 11.6 Å². The first-order valence-corrected chi connectivity index (χ1v) is 12.8. The van der Waals surface area contributed by atoms with Crippen molar-refractivity contribution in [2.75, 3.05) is 50.9 Å². The van der Waals surface area contributed by atoms with E-state index in [1.54, 1.807) is 18.2 Å². The average molecular weight is 502 g/mol. The summed E-state index contributed by atoms with van der Waals surface area (Å²) in [5.41, 5.74) is 2.45. The zero-order chi connectivity index (χ0) is 24.1. The molecule has 2 heterocycles. The van der Waals surface area contributed by atoms with Crippen LogP contribution in [-0.4, -0.2) is 68.5 Å². The van der Waals surface area contributed by atoms with Gasteiger partial charge < -0.3 is 15.5 Å². The summed E-state index contributed by atoms with van der Waals surface area (Å²) in [5, 5.41) is 6.46. The maximum absolute atomic E-state index is 12.3. The Kier molecular flexibility index (Phi) is 7.64. The van der Waals surface area contributed by atoms with Gasteiger partial charge in [0.15, 0.2) is 5.82 Å².